The Kier molecular flexibility index (Phi) is 3.37. The third kappa shape index (κ3) is 2.82. The Hall–Kier alpha value is -2.34. The molecular weight excluding hydrogens is 212 g/mol. The minimum Gasteiger partial charge on any atom is -0.473 e. The van der Waals surface area contributed by atoms with Gasteiger partial charge in [-0.1, -0.05) is 30.3 Å². The Labute approximate surface area is 100 Å². The van der Waals surface area contributed by atoms with E-state index >= 15 is 0 Å². The predicted octanol–water partition coefficient (Wildman–Crippen LogP) is 2.84. The van der Waals surface area contributed by atoms with Crippen molar-refractivity contribution in [1.82, 2.24) is 4.98 Å². The van der Waals surface area contributed by atoms with E-state index in [9.17, 15) is 0 Å². The largest absolute Gasteiger partial charge is 0.473 e. The molecule has 0 fully saturated rings. The fraction of sp³-hybridized carbons (Fsp3) is 0.143. The third-order valence-corrected chi connectivity index (χ3v) is 2.38. The van der Waals surface area contributed by atoms with Gasteiger partial charge in [0.15, 0.2) is 0 Å². The molecule has 0 radical (unpaired) electrons. The highest BCUT2D eigenvalue weighted by molar-refractivity contribution is 5.35. The first-order chi connectivity index (χ1) is 8.29. The van der Waals surface area contributed by atoms with Crippen LogP contribution in [0.4, 0.5) is 0 Å². The van der Waals surface area contributed by atoms with Crippen molar-refractivity contribution in [3.8, 4) is 11.9 Å². The Bertz CT molecular complexity index is 544. The van der Waals surface area contributed by atoms with E-state index in [-0.39, 0.29) is 0 Å². The second kappa shape index (κ2) is 5.13. The van der Waals surface area contributed by atoms with Crippen molar-refractivity contribution in [3.05, 3.63) is 59.3 Å². The molecule has 84 valence electrons. The van der Waals surface area contributed by atoms with Crippen molar-refractivity contribution in [1.29, 1.82) is 5.26 Å². The van der Waals surface area contributed by atoms with Gasteiger partial charge in [-0.3, -0.25) is 0 Å². The second-order valence-electron chi connectivity index (χ2n) is 3.73. The number of benzene rings is 1. The summed E-state index contributed by atoms with van der Waals surface area (Å²) in [6, 6.07) is 13.7. The molecule has 1 heterocycles. The highest BCUT2D eigenvalue weighted by Crippen LogP contribution is 2.16. The summed E-state index contributed by atoms with van der Waals surface area (Å²) in [5.41, 5.74) is 2.52. The van der Waals surface area contributed by atoms with Gasteiger partial charge in [-0.05, 0) is 18.6 Å². The first kappa shape index (κ1) is 11.2. The van der Waals surface area contributed by atoms with E-state index in [0.29, 0.717) is 18.1 Å². The number of hydrogen-bond donors (Lipinski definition) is 0. The lowest BCUT2D eigenvalue weighted by Gasteiger charge is -2.07. The standard InChI is InChI=1S/C14H12N2O/c1-11-7-13(8-15)9-16-14(11)17-10-12-5-3-2-4-6-12/h2-7,9H,10H2,1H3. The van der Waals surface area contributed by atoms with Crippen molar-refractivity contribution >= 4 is 0 Å². The first-order valence-electron chi connectivity index (χ1n) is 5.33. The molecule has 3 nitrogen and oxygen atoms in total. The van der Waals surface area contributed by atoms with Gasteiger partial charge in [-0.2, -0.15) is 5.26 Å². The highest BCUT2D eigenvalue weighted by atomic mass is 16.5. The molecule has 0 aliphatic carbocycles. The minimum atomic E-state index is 0.487. The summed E-state index contributed by atoms with van der Waals surface area (Å²) in [6.45, 7) is 2.37. The molecule has 3 heteroatoms. The lowest BCUT2D eigenvalue weighted by molar-refractivity contribution is 0.291. The molecule has 2 rings (SSSR count). The van der Waals surface area contributed by atoms with E-state index in [4.69, 9.17) is 10.00 Å². The quantitative estimate of drug-likeness (QED) is 0.805. The van der Waals surface area contributed by atoms with E-state index in [1.165, 1.54) is 6.20 Å². The Morgan fingerprint density at radius 3 is 2.71 bits per heavy atom. The fourth-order valence-corrected chi connectivity index (χ4v) is 1.50. The number of ether oxygens (including phenoxy) is 1. The summed E-state index contributed by atoms with van der Waals surface area (Å²) >= 11 is 0. The third-order valence-electron chi connectivity index (χ3n) is 2.38. The minimum absolute atomic E-state index is 0.487. The topological polar surface area (TPSA) is 45.9 Å². The molecule has 1 aromatic carbocycles. The summed E-state index contributed by atoms with van der Waals surface area (Å²) in [5.74, 6) is 0.577. The molecule has 2 aromatic rings. The van der Waals surface area contributed by atoms with Crippen LogP contribution in [0.15, 0.2) is 42.6 Å². The van der Waals surface area contributed by atoms with Crippen molar-refractivity contribution in [2.45, 2.75) is 13.5 Å². The molecule has 1 aromatic heterocycles. The maximum Gasteiger partial charge on any atom is 0.216 e. The lowest BCUT2D eigenvalue weighted by Crippen LogP contribution is -1.99. The number of nitriles is 1. The molecule has 17 heavy (non-hydrogen) atoms. The van der Waals surface area contributed by atoms with E-state index in [1.807, 2.05) is 37.3 Å². The van der Waals surface area contributed by atoms with E-state index < -0.39 is 0 Å². The monoisotopic (exact) mass is 224 g/mol. The molecule has 0 atom stereocenters. The van der Waals surface area contributed by atoms with Crippen LogP contribution in [0.25, 0.3) is 0 Å². The molecular formula is C14H12N2O. The Morgan fingerprint density at radius 2 is 2.06 bits per heavy atom. The van der Waals surface area contributed by atoms with Crippen LogP contribution in [0.5, 0.6) is 5.88 Å². The summed E-state index contributed by atoms with van der Waals surface area (Å²) in [5, 5.41) is 8.73. The summed E-state index contributed by atoms with van der Waals surface area (Å²) < 4.78 is 5.60. The van der Waals surface area contributed by atoms with E-state index in [2.05, 4.69) is 11.1 Å². The van der Waals surface area contributed by atoms with Gasteiger partial charge >= 0.3 is 0 Å². The van der Waals surface area contributed by atoms with Gasteiger partial charge in [0, 0.05) is 11.8 Å². The second-order valence-corrected chi connectivity index (χ2v) is 3.73. The smallest absolute Gasteiger partial charge is 0.216 e. The van der Waals surface area contributed by atoms with Crippen LogP contribution in [-0.2, 0) is 6.61 Å². The Morgan fingerprint density at radius 1 is 1.29 bits per heavy atom. The maximum absolute atomic E-state index is 8.73. The van der Waals surface area contributed by atoms with Gasteiger partial charge in [0.1, 0.15) is 12.7 Å². The molecule has 0 bridgehead atoms. The van der Waals surface area contributed by atoms with Crippen LogP contribution < -0.4 is 4.74 Å². The van der Waals surface area contributed by atoms with Crippen LogP contribution >= 0.6 is 0 Å². The average molecular weight is 224 g/mol. The number of rotatable bonds is 3. The van der Waals surface area contributed by atoms with Crippen molar-refractivity contribution in [2.75, 3.05) is 0 Å². The lowest BCUT2D eigenvalue weighted by atomic mass is 10.2. The number of nitrogens with zero attached hydrogens (tertiary/aromatic N) is 2. The molecule has 0 aliphatic rings. The molecule has 0 unspecified atom stereocenters. The highest BCUT2D eigenvalue weighted by Gasteiger charge is 2.03. The predicted molar refractivity (Wildman–Crippen MR) is 64.5 cm³/mol. The van der Waals surface area contributed by atoms with E-state index in [1.54, 1.807) is 6.07 Å². The zero-order valence-electron chi connectivity index (χ0n) is 9.55. The molecule has 0 spiro atoms. The summed E-state index contributed by atoms with van der Waals surface area (Å²) in [7, 11) is 0. The van der Waals surface area contributed by atoms with Gasteiger partial charge < -0.3 is 4.74 Å². The number of aryl methyl sites for hydroxylation is 1. The van der Waals surface area contributed by atoms with Crippen molar-refractivity contribution < 1.29 is 4.74 Å². The van der Waals surface area contributed by atoms with Crippen LogP contribution in [-0.4, -0.2) is 4.98 Å². The molecule has 0 saturated carbocycles. The van der Waals surface area contributed by atoms with Crippen LogP contribution in [0.1, 0.15) is 16.7 Å². The first-order valence-corrected chi connectivity index (χ1v) is 5.33. The summed E-state index contributed by atoms with van der Waals surface area (Å²) in [6.07, 6.45) is 1.52. The molecule has 0 amide bonds. The van der Waals surface area contributed by atoms with Gasteiger partial charge in [0.2, 0.25) is 5.88 Å². The molecule has 0 saturated heterocycles. The van der Waals surface area contributed by atoms with Crippen LogP contribution in [0.3, 0.4) is 0 Å². The van der Waals surface area contributed by atoms with Gasteiger partial charge in [0.25, 0.3) is 0 Å². The van der Waals surface area contributed by atoms with Crippen LogP contribution in [0, 0.1) is 18.3 Å². The zero-order valence-corrected chi connectivity index (χ0v) is 9.55. The average Bonchev–Trinajstić information content (AvgIpc) is 2.38. The van der Waals surface area contributed by atoms with Crippen molar-refractivity contribution in [3.63, 3.8) is 0 Å². The van der Waals surface area contributed by atoms with Gasteiger partial charge in [-0.25, -0.2) is 4.98 Å². The van der Waals surface area contributed by atoms with E-state index in [0.717, 1.165) is 11.1 Å². The molecule has 0 aliphatic heterocycles. The SMILES string of the molecule is Cc1cc(C#N)cnc1OCc1ccccc1. The fourth-order valence-electron chi connectivity index (χ4n) is 1.50. The normalized spacial score (nSPS) is 9.65. The van der Waals surface area contributed by atoms with Gasteiger partial charge in [0.05, 0.1) is 5.56 Å². The Balaban J connectivity index is 2.08. The maximum atomic E-state index is 8.73. The van der Waals surface area contributed by atoms with Gasteiger partial charge in [-0.15, -0.1) is 0 Å². The zero-order chi connectivity index (χ0) is 12.1. The van der Waals surface area contributed by atoms with Crippen LogP contribution in [0.2, 0.25) is 0 Å². The number of aromatic nitrogens is 1. The molecule has 0 N–H and O–H groups in total. The number of pyridine rings is 1. The summed E-state index contributed by atoms with van der Waals surface area (Å²) in [4.78, 5) is 4.12. The number of hydrogen-bond acceptors (Lipinski definition) is 3. The van der Waals surface area contributed by atoms with Crippen molar-refractivity contribution in [2.24, 2.45) is 0 Å².